The second-order valence-corrected chi connectivity index (χ2v) is 9.03. The zero-order valence-electron chi connectivity index (χ0n) is 20.2. The second-order valence-electron chi connectivity index (χ2n) is 9.03. The highest BCUT2D eigenvalue weighted by atomic mass is 16.8. The van der Waals surface area contributed by atoms with Crippen LogP contribution >= 0.6 is 0 Å². The molecular formula is C20H28O20. The van der Waals surface area contributed by atoms with E-state index in [-0.39, 0.29) is 0 Å². The van der Waals surface area contributed by atoms with Gasteiger partial charge in [0, 0.05) is 6.92 Å². The fourth-order valence-corrected chi connectivity index (χ4v) is 4.29. The minimum Gasteiger partial charge on any atom is -0.479 e. The van der Waals surface area contributed by atoms with E-state index in [4.69, 9.17) is 33.5 Å². The number of carboxylic acids is 3. The lowest BCUT2D eigenvalue weighted by Crippen LogP contribution is -2.67. The first kappa shape index (κ1) is 31.9. The number of carbonyl (C=O) groups excluding carboxylic acids is 1. The number of aliphatic hydroxyl groups is 7. The highest BCUT2D eigenvalue weighted by Crippen LogP contribution is 2.33. The van der Waals surface area contributed by atoms with Crippen molar-refractivity contribution in [3.63, 3.8) is 0 Å². The number of aliphatic hydroxyl groups excluding tert-OH is 7. The van der Waals surface area contributed by atoms with Crippen LogP contribution in [-0.4, -0.2) is 167 Å². The van der Waals surface area contributed by atoms with Gasteiger partial charge in [-0.15, -0.1) is 0 Å². The number of rotatable bonds is 8. The van der Waals surface area contributed by atoms with Gasteiger partial charge in [0.25, 0.3) is 0 Å². The largest absolute Gasteiger partial charge is 0.479 e. The summed E-state index contributed by atoms with van der Waals surface area (Å²) in [6, 6.07) is 0. The highest BCUT2D eigenvalue weighted by molar-refractivity contribution is 5.74. The van der Waals surface area contributed by atoms with Gasteiger partial charge in [0.05, 0.1) is 0 Å². The van der Waals surface area contributed by atoms with Crippen LogP contribution in [0.2, 0.25) is 0 Å². The quantitative estimate of drug-likeness (QED) is 0.118. The molecular weight excluding hydrogens is 560 g/mol. The van der Waals surface area contributed by atoms with Crippen molar-refractivity contribution < 1.29 is 98.7 Å². The minimum absolute atomic E-state index is 0.867. The first-order valence-corrected chi connectivity index (χ1v) is 11.5. The summed E-state index contributed by atoms with van der Waals surface area (Å²) in [7, 11) is 0. The van der Waals surface area contributed by atoms with Crippen molar-refractivity contribution in [2.45, 2.75) is 99.0 Å². The maximum atomic E-state index is 11.9. The third-order valence-corrected chi connectivity index (χ3v) is 6.27. The topological polar surface area (TPSA) is 326 Å². The Morgan fingerprint density at radius 3 is 1.48 bits per heavy atom. The fraction of sp³-hybridized carbons (Fsp3) is 0.800. The Morgan fingerprint density at radius 2 is 0.975 bits per heavy atom. The maximum Gasteiger partial charge on any atom is 0.335 e. The molecule has 20 nitrogen and oxygen atoms in total. The Bertz CT molecular complexity index is 958. The van der Waals surface area contributed by atoms with Gasteiger partial charge in [-0.25, -0.2) is 14.4 Å². The predicted molar refractivity (Wildman–Crippen MR) is 112 cm³/mol. The molecule has 3 fully saturated rings. The van der Waals surface area contributed by atoms with Gasteiger partial charge in [-0.3, -0.25) is 4.79 Å². The van der Waals surface area contributed by atoms with Crippen LogP contribution in [0, 0.1) is 0 Å². The second kappa shape index (κ2) is 12.5. The fourth-order valence-electron chi connectivity index (χ4n) is 4.29. The molecule has 20 heteroatoms. The van der Waals surface area contributed by atoms with Crippen molar-refractivity contribution in [3.05, 3.63) is 0 Å². The molecule has 0 aliphatic carbocycles. The molecule has 0 aromatic rings. The van der Waals surface area contributed by atoms with Gasteiger partial charge < -0.3 is 79.5 Å². The third kappa shape index (κ3) is 6.32. The molecule has 3 rings (SSSR count). The van der Waals surface area contributed by atoms with Crippen LogP contribution in [0.1, 0.15) is 6.92 Å². The van der Waals surface area contributed by atoms with Crippen molar-refractivity contribution in [2.75, 3.05) is 0 Å². The number of esters is 1. The Kier molecular flexibility index (Phi) is 9.98. The zero-order chi connectivity index (χ0) is 30.2. The van der Waals surface area contributed by atoms with Crippen LogP contribution in [-0.2, 0) is 47.6 Å². The normalized spacial score (nSPS) is 45.9. The number of hydrogen-bond donors (Lipinski definition) is 10. The summed E-state index contributed by atoms with van der Waals surface area (Å²) in [5, 5.41) is 99.4. The summed E-state index contributed by atoms with van der Waals surface area (Å²) in [6.07, 6.45) is -32.6. The van der Waals surface area contributed by atoms with E-state index in [0.717, 1.165) is 6.92 Å². The maximum absolute atomic E-state index is 11.9. The molecule has 3 aliphatic rings. The molecule has 3 heterocycles. The van der Waals surface area contributed by atoms with Crippen molar-refractivity contribution in [3.8, 4) is 0 Å². The van der Waals surface area contributed by atoms with Gasteiger partial charge in [-0.2, -0.15) is 0 Å². The van der Waals surface area contributed by atoms with Gasteiger partial charge in [0.2, 0.25) is 0 Å². The Hall–Kier alpha value is -2.60. The van der Waals surface area contributed by atoms with Crippen LogP contribution in [0.4, 0.5) is 0 Å². The minimum atomic E-state index is -2.32. The standard InChI is InChI=1S/C20H28O20/c1-2(21)35-10-8(27)18(34)36-14(17(32)33)12(10)39-20-7(26)5(24)9(13(40-20)16(30)31)37-19-6(25)3(22)4(23)11(38-19)15(28)29/h3-14,18-20,22-27,34H,1H3,(H,28,29)(H,30,31)(H,32,33)/t3-,4+,5+,6+,7+,8+,9+,10+,11-,12+,13-,14-,18+,19-,20-/m0/s1. The lowest BCUT2D eigenvalue weighted by molar-refractivity contribution is -0.368. The molecule has 0 amide bonds. The molecule has 3 saturated heterocycles. The number of aliphatic carboxylic acids is 3. The van der Waals surface area contributed by atoms with Gasteiger partial charge in [0.1, 0.15) is 48.8 Å². The molecule has 228 valence electrons. The smallest absolute Gasteiger partial charge is 0.335 e. The van der Waals surface area contributed by atoms with Gasteiger partial charge in [-0.1, -0.05) is 0 Å². The Morgan fingerprint density at radius 1 is 0.525 bits per heavy atom. The van der Waals surface area contributed by atoms with Crippen molar-refractivity contribution in [2.24, 2.45) is 0 Å². The summed E-state index contributed by atoms with van der Waals surface area (Å²) >= 11 is 0. The predicted octanol–water partition coefficient (Wildman–Crippen LogP) is -6.73. The van der Waals surface area contributed by atoms with E-state index in [2.05, 4.69) is 0 Å². The summed E-state index contributed by atoms with van der Waals surface area (Å²) in [6.45, 7) is 0.867. The molecule has 0 aromatic carbocycles. The van der Waals surface area contributed by atoms with Gasteiger partial charge in [-0.05, 0) is 0 Å². The molecule has 0 aromatic heterocycles. The van der Waals surface area contributed by atoms with E-state index >= 15 is 0 Å². The third-order valence-electron chi connectivity index (χ3n) is 6.27. The van der Waals surface area contributed by atoms with E-state index in [1.54, 1.807) is 0 Å². The van der Waals surface area contributed by atoms with Crippen LogP contribution in [0.3, 0.4) is 0 Å². The van der Waals surface area contributed by atoms with Crippen LogP contribution in [0.5, 0.6) is 0 Å². The van der Waals surface area contributed by atoms with E-state index < -0.39 is 116 Å². The first-order valence-electron chi connectivity index (χ1n) is 11.5. The number of ether oxygens (including phenoxy) is 6. The molecule has 40 heavy (non-hydrogen) atoms. The average molecular weight is 588 g/mol. The lowest BCUT2D eigenvalue weighted by atomic mass is 9.95. The highest BCUT2D eigenvalue weighted by Gasteiger charge is 2.57. The zero-order valence-corrected chi connectivity index (χ0v) is 20.2. The average Bonchev–Trinajstić information content (AvgIpc) is 2.86. The summed E-state index contributed by atoms with van der Waals surface area (Å²) in [4.78, 5) is 46.5. The molecule has 0 radical (unpaired) electrons. The monoisotopic (exact) mass is 588 g/mol. The van der Waals surface area contributed by atoms with E-state index in [1.165, 1.54) is 0 Å². The molecule has 10 N–H and O–H groups in total. The van der Waals surface area contributed by atoms with Crippen LogP contribution in [0.15, 0.2) is 0 Å². The van der Waals surface area contributed by atoms with Crippen molar-refractivity contribution in [1.29, 1.82) is 0 Å². The SMILES string of the molecule is CC(=O)O[C@@H]1[C@@H](O)[C@H](O)O[C@H](C(=O)O)[C@@H]1O[C@H]1O[C@H](C(=O)O)[C@H](O[C@H]2O[C@H](C(=O)O)[C@H](O)[C@H](O)[C@H]2O)[C@H](O)[C@H]1O. The van der Waals surface area contributed by atoms with E-state index in [9.17, 15) is 65.1 Å². The van der Waals surface area contributed by atoms with Gasteiger partial charge in [0.15, 0.2) is 43.3 Å². The number of carbonyl (C=O) groups is 4. The number of carboxylic acid groups (broad SMARTS) is 3. The molecule has 3 aliphatic heterocycles. The molecule has 0 saturated carbocycles. The summed E-state index contributed by atoms with van der Waals surface area (Å²) < 4.78 is 30.1. The van der Waals surface area contributed by atoms with E-state index in [0.29, 0.717) is 0 Å². The van der Waals surface area contributed by atoms with Crippen LogP contribution in [0.25, 0.3) is 0 Å². The molecule has 15 atom stereocenters. The van der Waals surface area contributed by atoms with Gasteiger partial charge >= 0.3 is 23.9 Å². The molecule has 0 unspecified atom stereocenters. The summed E-state index contributed by atoms with van der Waals surface area (Å²) in [5.74, 6) is -6.58. The first-order chi connectivity index (χ1) is 18.6. The molecule has 0 spiro atoms. The Balaban J connectivity index is 1.86. The van der Waals surface area contributed by atoms with Crippen molar-refractivity contribution >= 4 is 23.9 Å². The number of hydrogen-bond acceptors (Lipinski definition) is 17. The Labute approximate surface area is 222 Å². The van der Waals surface area contributed by atoms with Crippen molar-refractivity contribution in [1.82, 2.24) is 0 Å². The lowest BCUT2D eigenvalue weighted by Gasteiger charge is -2.47. The molecule has 0 bridgehead atoms. The van der Waals surface area contributed by atoms with Crippen LogP contribution < -0.4 is 0 Å². The summed E-state index contributed by atoms with van der Waals surface area (Å²) in [5.41, 5.74) is 0. The van der Waals surface area contributed by atoms with E-state index in [1.807, 2.05) is 0 Å².